The maximum atomic E-state index is 14.4. The lowest BCUT2D eigenvalue weighted by atomic mass is 9.90. The Balaban J connectivity index is 1.77. The first kappa shape index (κ1) is 17.1. The number of allylic oxidation sites excluding steroid dienone is 4. The van der Waals surface area contributed by atoms with Gasteiger partial charge in [-0.3, -0.25) is 4.90 Å². The maximum absolute atomic E-state index is 14.4. The summed E-state index contributed by atoms with van der Waals surface area (Å²) in [5.74, 6) is 0.0757. The molecule has 0 radical (unpaired) electrons. The molecule has 5 heteroatoms. The van der Waals surface area contributed by atoms with Gasteiger partial charge in [0.1, 0.15) is 18.4 Å². The van der Waals surface area contributed by atoms with E-state index in [1.165, 1.54) is 0 Å². The van der Waals surface area contributed by atoms with Gasteiger partial charge in [0.15, 0.2) is 0 Å². The molecular weight excluding hydrogens is 329 g/mol. The normalized spacial score (nSPS) is 22.2. The van der Waals surface area contributed by atoms with E-state index >= 15 is 0 Å². The van der Waals surface area contributed by atoms with Gasteiger partial charge >= 0.3 is 0 Å². The van der Waals surface area contributed by atoms with Crippen LogP contribution in [0.2, 0.25) is 0 Å². The second-order valence-corrected chi connectivity index (χ2v) is 6.90. The average molecular weight is 351 g/mol. The third-order valence-electron chi connectivity index (χ3n) is 5.29. The molecule has 0 spiro atoms. The van der Waals surface area contributed by atoms with Crippen molar-refractivity contribution in [2.24, 2.45) is 0 Å². The highest BCUT2D eigenvalue weighted by molar-refractivity contribution is 5.89. The number of aliphatic hydroxyl groups excluding tert-OH is 1. The molecule has 4 nitrogen and oxygen atoms in total. The van der Waals surface area contributed by atoms with Gasteiger partial charge in [-0.1, -0.05) is 12.7 Å². The Kier molecular flexibility index (Phi) is 4.66. The predicted molar refractivity (Wildman–Crippen MR) is 101 cm³/mol. The third-order valence-corrected chi connectivity index (χ3v) is 5.29. The summed E-state index contributed by atoms with van der Waals surface area (Å²) in [7, 11) is 0. The van der Waals surface area contributed by atoms with Gasteiger partial charge in [-0.05, 0) is 54.7 Å². The van der Waals surface area contributed by atoms with Crippen LogP contribution in [0.4, 0.5) is 4.39 Å². The molecule has 2 atom stereocenters. The van der Waals surface area contributed by atoms with Crippen LogP contribution in [0.5, 0.6) is 0 Å². The number of nitrogens with zero attached hydrogens (tertiary/aromatic N) is 3. The van der Waals surface area contributed by atoms with Crippen LogP contribution in [-0.4, -0.2) is 39.3 Å². The van der Waals surface area contributed by atoms with E-state index in [0.717, 1.165) is 54.4 Å². The Morgan fingerprint density at radius 3 is 2.96 bits per heavy atom. The molecule has 1 saturated heterocycles. The van der Waals surface area contributed by atoms with Gasteiger partial charge in [-0.25, -0.2) is 14.4 Å². The van der Waals surface area contributed by atoms with E-state index in [2.05, 4.69) is 22.6 Å². The second-order valence-electron chi connectivity index (χ2n) is 6.90. The highest BCUT2D eigenvalue weighted by Gasteiger charge is 2.29. The summed E-state index contributed by atoms with van der Waals surface area (Å²) in [4.78, 5) is 10.6. The molecule has 0 amide bonds. The van der Waals surface area contributed by atoms with Crippen LogP contribution in [-0.2, 0) is 0 Å². The van der Waals surface area contributed by atoms with Gasteiger partial charge in [-0.2, -0.15) is 0 Å². The zero-order valence-corrected chi connectivity index (χ0v) is 14.6. The summed E-state index contributed by atoms with van der Waals surface area (Å²) >= 11 is 0. The van der Waals surface area contributed by atoms with Crippen LogP contribution < -0.4 is 0 Å². The highest BCUT2D eigenvalue weighted by atomic mass is 19.1. The fourth-order valence-electron chi connectivity index (χ4n) is 3.93. The minimum Gasteiger partial charge on any atom is -0.375 e. The fraction of sp³-hybridized carbons (Fsp3) is 0.333. The Hall–Kier alpha value is -2.37. The smallest absolute Gasteiger partial charge is 0.126 e. The number of rotatable bonds is 4. The Labute approximate surface area is 152 Å². The first-order chi connectivity index (χ1) is 12.7. The minimum absolute atomic E-state index is 0.159. The molecular formula is C21H22FN3O. The molecule has 1 aromatic heterocycles. The molecule has 2 aromatic rings. The van der Waals surface area contributed by atoms with Gasteiger partial charge in [0, 0.05) is 36.2 Å². The summed E-state index contributed by atoms with van der Waals surface area (Å²) in [6.45, 7) is 5.20. The SMILES string of the molecule is C=CC(O)N1CCC(c2cc(C3=CCCC=C3F)cc3cncnc23)C1. The van der Waals surface area contributed by atoms with Crippen molar-refractivity contribution in [2.45, 2.75) is 31.4 Å². The topological polar surface area (TPSA) is 49.2 Å². The van der Waals surface area contributed by atoms with Gasteiger partial charge in [0.05, 0.1) is 5.52 Å². The van der Waals surface area contributed by atoms with E-state index in [1.54, 1.807) is 24.7 Å². The van der Waals surface area contributed by atoms with Crippen LogP contribution in [0.3, 0.4) is 0 Å². The molecule has 4 rings (SSSR count). The highest BCUT2D eigenvalue weighted by Crippen LogP contribution is 2.37. The molecule has 0 bridgehead atoms. The Bertz CT molecular complexity index is 905. The summed E-state index contributed by atoms with van der Waals surface area (Å²) in [6, 6.07) is 4.03. The number of aliphatic hydroxyl groups is 1. The van der Waals surface area contributed by atoms with Gasteiger partial charge < -0.3 is 5.11 Å². The Morgan fingerprint density at radius 2 is 2.15 bits per heavy atom. The molecule has 1 aliphatic heterocycles. The van der Waals surface area contributed by atoms with Crippen LogP contribution in [0.25, 0.3) is 16.5 Å². The lowest BCUT2D eigenvalue weighted by Gasteiger charge is -2.21. The zero-order valence-electron chi connectivity index (χ0n) is 14.6. The van der Waals surface area contributed by atoms with Gasteiger partial charge in [0.25, 0.3) is 0 Å². The van der Waals surface area contributed by atoms with Crippen molar-refractivity contribution in [1.82, 2.24) is 14.9 Å². The van der Waals surface area contributed by atoms with Crippen molar-refractivity contribution < 1.29 is 9.50 Å². The maximum Gasteiger partial charge on any atom is 0.126 e. The number of aromatic nitrogens is 2. The molecule has 1 fully saturated rings. The van der Waals surface area contributed by atoms with Gasteiger partial charge in [-0.15, -0.1) is 0 Å². The van der Waals surface area contributed by atoms with Crippen LogP contribution >= 0.6 is 0 Å². The van der Waals surface area contributed by atoms with Crippen molar-refractivity contribution in [2.75, 3.05) is 13.1 Å². The summed E-state index contributed by atoms with van der Waals surface area (Å²) < 4.78 is 14.4. The number of benzene rings is 1. The first-order valence-corrected chi connectivity index (χ1v) is 9.02. The van der Waals surface area contributed by atoms with Gasteiger partial charge in [0.2, 0.25) is 0 Å². The molecule has 2 aliphatic rings. The van der Waals surface area contributed by atoms with Crippen molar-refractivity contribution in [3.63, 3.8) is 0 Å². The molecule has 2 heterocycles. The standard InChI is InChI=1S/C21H22FN3O/c1-2-20(26)25-8-7-14(12-25)18-10-15(17-5-3-4-6-19(17)22)9-16-11-23-13-24-21(16)18/h2,5-6,9-11,13-14,20,26H,1,3-4,7-8,12H2. The first-order valence-electron chi connectivity index (χ1n) is 9.02. The molecule has 1 aliphatic carbocycles. The number of hydrogen-bond donors (Lipinski definition) is 1. The molecule has 2 unspecified atom stereocenters. The number of hydrogen-bond acceptors (Lipinski definition) is 4. The predicted octanol–water partition coefficient (Wildman–Crippen LogP) is 3.95. The van der Waals surface area contributed by atoms with E-state index in [-0.39, 0.29) is 11.7 Å². The summed E-state index contributed by atoms with van der Waals surface area (Å²) in [5.41, 5.74) is 3.53. The summed E-state index contributed by atoms with van der Waals surface area (Å²) in [5, 5.41) is 11.0. The van der Waals surface area contributed by atoms with E-state index < -0.39 is 6.23 Å². The third kappa shape index (κ3) is 3.08. The molecule has 0 saturated carbocycles. The van der Waals surface area contributed by atoms with Crippen LogP contribution in [0, 0.1) is 0 Å². The second kappa shape index (κ2) is 7.09. The fourth-order valence-corrected chi connectivity index (χ4v) is 3.93. The molecule has 1 N–H and O–H groups in total. The van der Waals surface area contributed by atoms with Crippen molar-refractivity contribution in [1.29, 1.82) is 0 Å². The lowest BCUT2D eigenvalue weighted by molar-refractivity contribution is 0.0605. The van der Waals surface area contributed by atoms with Crippen molar-refractivity contribution >= 4 is 16.5 Å². The van der Waals surface area contributed by atoms with E-state index in [9.17, 15) is 9.50 Å². The van der Waals surface area contributed by atoms with E-state index in [4.69, 9.17) is 0 Å². The zero-order chi connectivity index (χ0) is 18.1. The minimum atomic E-state index is -0.634. The van der Waals surface area contributed by atoms with Crippen molar-refractivity contribution in [3.05, 3.63) is 66.4 Å². The van der Waals surface area contributed by atoms with Crippen LogP contribution in [0.1, 0.15) is 36.3 Å². The molecule has 26 heavy (non-hydrogen) atoms. The molecule has 134 valence electrons. The van der Waals surface area contributed by atoms with Crippen LogP contribution in [0.15, 0.2) is 55.3 Å². The molecule has 1 aromatic carbocycles. The quantitative estimate of drug-likeness (QED) is 0.847. The monoisotopic (exact) mass is 351 g/mol. The largest absolute Gasteiger partial charge is 0.375 e. The summed E-state index contributed by atoms with van der Waals surface area (Å²) in [6.07, 6.45) is 10.4. The van der Waals surface area contributed by atoms with E-state index in [1.807, 2.05) is 17.0 Å². The number of likely N-dealkylation sites (tertiary alicyclic amines) is 1. The lowest BCUT2D eigenvalue weighted by Crippen LogP contribution is -2.31. The average Bonchev–Trinajstić information content (AvgIpc) is 3.17. The Morgan fingerprint density at radius 1 is 1.31 bits per heavy atom. The number of fused-ring (bicyclic) bond motifs is 1. The van der Waals surface area contributed by atoms with Crippen molar-refractivity contribution in [3.8, 4) is 0 Å². The van der Waals surface area contributed by atoms with E-state index in [0.29, 0.717) is 5.57 Å². The number of halogens is 1.